The molecule has 1 aliphatic heterocycles. The number of ether oxygens (including phenoxy) is 1. The van der Waals surface area contributed by atoms with Crippen molar-refractivity contribution in [2.75, 3.05) is 44.2 Å². The molecule has 1 saturated heterocycles. The maximum Gasteiger partial charge on any atom is 0.312 e. The van der Waals surface area contributed by atoms with E-state index in [0.29, 0.717) is 32.7 Å². The van der Waals surface area contributed by atoms with Crippen molar-refractivity contribution in [1.82, 2.24) is 10.2 Å². The summed E-state index contributed by atoms with van der Waals surface area (Å²) in [6.45, 7) is 11.8. The number of carbonyl (C=O) groups is 2. The molecule has 1 fully saturated rings. The fourth-order valence-electron chi connectivity index (χ4n) is 3.04. The summed E-state index contributed by atoms with van der Waals surface area (Å²) in [6.07, 6.45) is 0.887. The Morgan fingerprint density at radius 3 is 2.50 bits per heavy atom. The van der Waals surface area contributed by atoms with Gasteiger partial charge in [0.05, 0.1) is 6.10 Å². The van der Waals surface area contributed by atoms with Crippen molar-refractivity contribution in [2.45, 2.75) is 40.2 Å². The van der Waals surface area contributed by atoms with Crippen LogP contribution in [-0.2, 0) is 14.3 Å². The van der Waals surface area contributed by atoms with Crippen LogP contribution >= 0.6 is 0 Å². The zero-order chi connectivity index (χ0) is 19.1. The third-order valence-corrected chi connectivity index (χ3v) is 4.74. The SMILES string of the molecule is Cc1cccc(N2CCN(C(=O)C(=O)NCCCOC(C)C)CC2)c1C. The Morgan fingerprint density at radius 2 is 1.85 bits per heavy atom. The van der Waals surface area contributed by atoms with Gasteiger partial charge >= 0.3 is 11.8 Å². The van der Waals surface area contributed by atoms with Gasteiger partial charge in [0.25, 0.3) is 0 Å². The van der Waals surface area contributed by atoms with Crippen molar-refractivity contribution in [1.29, 1.82) is 0 Å². The Bertz CT molecular complexity index is 623. The molecule has 0 aliphatic carbocycles. The molecule has 1 aliphatic rings. The summed E-state index contributed by atoms with van der Waals surface area (Å²) in [5.74, 6) is -0.954. The molecular weight excluding hydrogens is 330 g/mol. The van der Waals surface area contributed by atoms with Crippen LogP contribution in [0.2, 0.25) is 0 Å². The standard InChI is InChI=1S/C20H31N3O3/c1-15(2)26-14-6-9-21-19(24)20(25)23-12-10-22(11-13-23)18-8-5-7-16(3)17(18)4/h5,7-8,15H,6,9-14H2,1-4H3,(H,21,24). The van der Waals surface area contributed by atoms with Crippen LogP contribution in [0.1, 0.15) is 31.4 Å². The van der Waals surface area contributed by atoms with Crippen LogP contribution in [0, 0.1) is 13.8 Å². The normalized spacial score (nSPS) is 14.7. The highest BCUT2D eigenvalue weighted by molar-refractivity contribution is 6.35. The van der Waals surface area contributed by atoms with Gasteiger partial charge < -0.3 is 19.9 Å². The molecule has 0 unspecified atom stereocenters. The fraction of sp³-hybridized carbons (Fsp3) is 0.600. The lowest BCUT2D eigenvalue weighted by Crippen LogP contribution is -2.53. The number of amides is 2. The number of piperazine rings is 1. The van der Waals surface area contributed by atoms with E-state index in [9.17, 15) is 9.59 Å². The van der Waals surface area contributed by atoms with Crippen LogP contribution in [0.3, 0.4) is 0 Å². The molecule has 2 amide bonds. The van der Waals surface area contributed by atoms with E-state index in [4.69, 9.17) is 4.74 Å². The number of aryl methyl sites for hydroxylation is 1. The topological polar surface area (TPSA) is 61.9 Å². The number of benzene rings is 1. The maximum atomic E-state index is 12.3. The van der Waals surface area contributed by atoms with Gasteiger partial charge in [0.1, 0.15) is 0 Å². The molecule has 6 heteroatoms. The third-order valence-electron chi connectivity index (χ3n) is 4.74. The average Bonchev–Trinajstić information content (AvgIpc) is 2.63. The van der Waals surface area contributed by atoms with Crippen LogP contribution in [0.25, 0.3) is 0 Å². The highest BCUT2D eigenvalue weighted by Gasteiger charge is 2.26. The van der Waals surface area contributed by atoms with Gasteiger partial charge in [-0.2, -0.15) is 0 Å². The summed E-state index contributed by atoms with van der Waals surface area (Å²) in [4.78, 5) is 28.3. The number of hydrogen-bond donors (Lipinski definition) is 1. The third kappa shape index (κ3) is 5.46. The van der Waals surface area contributed by atoms with Crippen LogP contribution in [0.4, 0.5) is 5.69 Å². The molecule has 6 nitrogen and oxygen atoms in total. The van der Waals surface area contributed by atoms with Crippen molar-refractivity contribution in [3.05, 3.63) is 29.3 Å². The summed E-state index contributed by atoms with van der Waals surface area (Å²) in [7, 11) is 0. The molecule has 2 rings (SSSR count). The summed E-state index contributed by atoms with van der Waals surface area (Å²) in [5.41, 5.74) is 3.75. The van der Waals surface area contributed by atoms with E-state index in [1.165, 1.54) is 16.8 Å². The monoisotopic (exact) mass is 361 g/mol. The molecule has 0 spiro atoms. The average molecular weight is 361 g/mol. The summed E-state index contributed by atoms with van der Waals surface area (Å²) < 4.78 is 5.42. The van der Waals surface area contributed by atoms with Crippen LogP contribution in [0.15, 0.2) is 18.2 Å². The van der Waals surface area contributed by atoms with E-state index < -0.39 is 11.8 Å². The van der Waals surface area contributed by atoms with Crippen LogP contribution in [-0.4, -0.2) is 62.1 Å². The molecule has 0 aromatic heterocycles. The van der Waals surface area contributed by atoms with Crippen LogP contribution < -0.4 is 10.2 Å². The molecule has 1 aromatic carbocycles. The summed E-state index contributed by atoms with van der Waals surface area (Å²) >= 11 is 0. The molecule has 0 atom stereocenters. The quantitative estimate of drug-likeness (QED) is 0.621. The van der Waals surface area contributed by atoms with Gasteiger partial charge in [-0.3, -0.25) is 9.59 Å². The van der Waals surface area contributed by atoms with E-state index in [2.05, 4.69) is 42.3 Å². The first-order valence-corrected chi connectivity index (χ1v) is 9.40. The van der Waals surface area contributed by atoms with E-state index >= 15 is 0 Å². The minimum Gasteiger partial charge on any atom is -0.379 e. The van der Waals surface area contributed by atoms with Gasteiger partial charge in [-0.25, -0.2) is 0 Å². The van der Waals surface area contributed by atoms with Crippen LogP contribution in [0.5, 0.6) is 0 Å². The molecule has 144 valence electrons. The molecule has 1 heterocycles. The van der Waals surface area contributed by atoms with Gasteiger partial charge in [-0.1, -0.05) is 12.1 Å². The lowest BCUT2D eigenvalue weighted by Gasteiger charge is -2.36. The Hall–Kier alpha value is -2.08. The number of rotatable bonds is 6. The molecule has 0 saturated carbocycles. The first-order chi connectivity index (χ1) is 12.4. The van der Waals surface area contributed by atoms with Crippen molar-refractivity contribution in [2.24, 2.45) is 0 Å². The van der Waals surface area contributed by atoms with Crippen molar-refractivity contribution in [3.8, 4) is 0 Å². The lowest BCUT2D eigenvalue weighted by atomic mass is 10.1. The Balaban J connectivity index is 1.77. The lowest BCUT2D eigenvalue weighted by molar-refractivity contribution is -0.146. The molecule has 0 bridgehead atoms. The second-order valence-corrected chi connectivity index (χ2v) is 7.03. The minimum atomic E-state index is -0.519. The Labute approximate surface area is 156 Å². The van der Waals surface area contributed by atoms with Gasteiger partial charge in [0.15, 0.2) is 0 Å². The number of nitrogens with one attached hydrogen (secondary N) is 1. The predicted octanol–water partition coefficient (Wildman–Crippen LogP) is 1.88. The molecule has 1 aromatic rings. The Kier molecular flexibility index (Phi) is 7.45. The summed E-state index contributed by atoms with van der Waals surface area (Å²) in [5, 5.41) is 2.69. The first kappa shape index (κ1) is 20.2. The molecule has 26 heavy (non-hydrogen) atoms. The van der Waals surface area contributed by atoms with Crippen molar-refractivity contribution in [3.63, 3.8) is 0 Å². The first-order valence-electron chi connectivity index (χ1n) is 9.40. The second kappa shape index (κ2) is 9.57. The fourth-order valence-corrected chi connectivity index (χ4v) is 3.04. The predicted molar refractivity (Wildman–Crippen MR) is 103 cm³/mol. The van der Waals surface area contributed by atoms with Gasteiger partial charge in [-0.15, -0.1) is 0 Å². The maximum absolute atomic E-state index is 12.3. The molecular formula is C20H31N3O3. The smallest absolute Gasteiger partial charge is 0.312 e. The largest absolute Gasteiger partial charge is 0.379 e. The zero-order valence-electron chi connectivity index (χ0n) is 16.4. The van der Waals surface area contributed by atoms with E-state index in [1.54, 1.807) is 4.90 Å². The second-order valence-electron chi connectivity index (χ2n) is 7.03. The van der Waals surface area contributed by atoms with Gasteiger partial charge in [-0.05, 0) is 51.3 Å². The Morgan fingerprint density at radius 1 is 1.15 bits per heavy atom. The number of carbonyl (C=O) groups excluding carboxylic acids is 2. The number of hydrogen-bond acceptors (Lipinski definition) is 4. The highest BCUT2D eigenvalue weighted by atomic mass is 16.5. The van der Waals surface area contributed by atoms with E-state index in [-0.39, 0.29) is 6.10 Å². The highest BCUT2D eigenvalue weighted by Crippen LogP contribution is 2.23. The molecule has 0 radical (unpaired) electrons. The molecule has 1 N–H and O–H groups in total. The zero-order valence-corrected chi connectivity index (χ0v) is 16.4. The number of nitrogens with zero attached hydrogens (tertiary/aromatic N) is 2. The van der Waals surface area contributed by atoms with Crippen molar-refractivity contribution >= 4 is 17.5 Å². The van der Waals surface area contributed by atoms with Gasteiger partial charge in [0.2, 0.25) is 0 Å². The van der Waals surface area contributed by atoms with E-state index in [1.807, 2.05) is 13.8 Å². The minimum absolute atomic E-state index is 0.181. The number of anilines is 1. The van der Waals surface area contributed by atoms with E-state index in [0.717, 1.165) is 13.1 Å². The van der Waals surface area contributed by atoms with Gasteiger partial charge in [0, 0.05) is 45.0 Å². The summed E-state index contributed by atoms with van der Waals surface area (Å²) in [6, 6.07) is 6.28. The van der Waals surface area contributed by atoms with Crippen molar-refractivity contribution < 1.29 is 14.3 Å².